The fraction of sp³-hybridized carbons (Fsp3) is 0.829. The average molecular weight is 600 g/mol. The second-order valence-electron chi connectivity index (χ2n) is 15.7. The molecule has 8 N–H and O–H groups in total. The van der Waals surface area contributed by atoms with Crippen LogP contribution in [0, 0.1) is 46.3 Å². The maximum Gasteiger partial charge on any atom is 0.185 e. The molecular formula is C35H57N3O5. The largest absolute Gasteiger partial charge is 0.393 e. The first-order chi connectivity index (χ1) is 20.1. The lowest BCUT2D eigenvalue weighted by Gasteiger charge is -2.62. The minimum absolute atomic E-state index is 0.00735. The fourth-order valence-electron chi connectivity index (χ4n) is 10.8. The molecule has 0 amide bonds. The molecule has 0 spiro atoms. The Kier molecular flexibility index (Phi) is 9.02. The van der Waals surface area contributed by atoms with E-state index in [9.17, 15) is 25.2 Å². The maximum absolute atomic E-state index is 13.7. The van der Waals surface area contributed by atoms with Crippen molar-refractivity contribution in [3.8, 4) is 0 Å². The SMILES string of the molecule is CC(C)C(C[C@@H](O)[C@@H](C)[C@H]1CC[C@@]2(O)C3=CC(=O)[C@@H]4C[C@@H](O)[C@@H](O)C[C@]4(C)[C@H]3[C@H](CN=C(N)N)C[C@]12C)=C1CCCCC1. The van der Waals surface area contributed by atoms with Crippen molar-refractivity contribution in [2.45, 2.75) is 129 Å². The number of nitrogens with two attached hydrogens (primary N) is 2. The number of carbonyl (C=O) groups is 1. The van der Waals surface area contributed by atoms with Gasteiger partial charge >= 0.3 is 0 Å². The zero-order chi connectivity index (χ0) is 31.5. The predicted octanol–water partition coefficient (Wildman–Crippen LogP) is 3.99. The van der Waals surface area contributed by atoms with Gasteiger partial charge in [-0.3, -0.25) is 9.79 Å². The number of allylic oxidation sites excluding steroid dienone is 2. The average Bonchev–Trinajstić information content (AvgIpc) is 3.22. The van der Waals surface area contributed by atoms with Crippen molar-refractivity contribution in [2.75, 3.05) is 6.54 Å². The maximum atomic E-state index is 13.7. The molecule has 4 fully saturated rings. The van der Waals surface area contributed by atoms with Gasteiger partial charge in [-0.1, -0.05) is 52.2 Å². The van der Waals surface area contributed by atoms with Crippen LogP contribution in [0.4, 0.5) is 0 Å². The zero-order valence-corrected chi connectivity index (χ0v) is 27.1. The van der Waals surface area contributed by atoms with E-state index < -0.39 is 40.7 Å². The number of fused-ring (bicyclic) bond motifs is 5. The van der Waals surface area contributed by atoms with Crippen LogP contribution >= 0.6 is 0 Å². The first-order valence-corrected chi connectivity index (χ1v) is 16.9. The number of hydrogen-bond acceptors (Lipinski definition) is 6. The molecule has 5 aliphatic carbocycles. The van der Waals surface area contributed by atoms with E-state index in [-0.39, 0.29) is 48.3 Å². The molecule has 0 aromatic rings. The monoisotopic (exact) mass is 599 g/mol. The van der Waals surface area contributed by atoms with Gasteiger partial charge in [-0.25, -0.2) is 0 Å². The number of aliphatic imine (C=N–C) groups is 1. The lowest BCUT2D eigenvalue weighted by Crippen LogP contribution is -2.64. The number of guanidine groups is 1. The van der Waals surface area contributed by atoms with Gasteiger partial charge in [0.25, 0.3) is 0 Å². The molecule has 11 atom stereocenters. The third-order valence-corrected chi connectivity index (χ3v) is 13.1. The Balaban J connectivity index is 1.51. The molecule has 0 unspecified atom stereocenters. The highest BCUT2D eigenvalue weighted by atomic mass is 16.3. The summed E-state index contributed by atoms with van der Waals surface area (Å²) in [6.45, 7) is 11.2. The van der Waals surface area contributed by atoms with Gasteiger partial charge in [0.15, 0.2) is 11.7 Å². The van der Waals surface area contributed by atoms with E-state index in [1.54, 1.807) is 6.08 Å². The van der Waals surface area contributed by atoms with Crippen LogP contribution in [0.3, 0.4) is 0 Å². The Labute approximate surface area is 258 Å². The van der Waals surface area contributed by atoms with Gasteiger partial charge in [0.2, 0.25) is 0 Å². The molecule has 0 aromatic heterocycles. The topological polar surface area (TPSA) is 162 Å². The normalized spacial score (nSPS) is 42.4. The van der Waals surface area contributed by atoms with E-state index in [4.69, 9.17) is 11.5 Å². The number of aliphatic hydroxyl groups excluding tert-OH is 3. The molecule has 43 heavy (non-hydrogen) atoms. The molecule has 0 aromatic carbocycles. The Morgan fingerprint density at radius 1 is 1.07 bits per heavy atom. The van der Waals surface area contributed by atoms with Crippen molar-refractivity contribution >= 4 is 11.7 Å². The quantitative estimate of drug-likeness (QED) is 0.146. The van der Waals surface area contributed by atoms with Crippen LogP contribution in [0.2, 0.25) is 0 Å². The van der Waals surface area contributed by atoms with Crippen molar-refractivity contribution in [1.82, 2.24) is 0 Å². The van der Waals surface area contributed by atoms with Crippen LogP contribution in [0.25, 0.3) is 0 Å². The number of rotatable bonds is 7. The van der Waals surface area contributed by atoms with E-state index >= 15 is 0 Å². The van der Waals surface area contributed by atoms with E-state index in [0.29, 0.717) is 31.7 Å². The molecule has 8 heteroatoms. The van der Waals surface area contributed by atoms with Gasteiger partial charge in [-0.15, -0.1) is 0 Å². The Hall–Kier alpha value is -1.74. The predicted molar refractivity (Wildman–Crippen MR) is 169 cm³/mol. The lowest BCUT2D eigenvalue weighted by molar-refractivity contribution is -0.164. The van der Waals surface area contributed by atoms with Gasteiger partial charge in [0.1, 0.15) is 0 Å². The van der Waals surface area contributed by atoms with Crippen LogP contribution in [-0.2, 0) is 4.79 Å². The molecule has 5 aliphatic rings. The van der Waals surface area contributed by atoms with Gasteiger partial charge < -0.3 is 31.9 Å². The van der Waals surface area contributed by atoms with Crippen molar-refractivity contribution in [3.05, 3.63) is 22.8 Å². The summed E-state index contributed by atoms with van der Waals surface area (Å²) < 4.78 is 0. The first kappa shape index (κ1) is 32.6. The third kappa shape index (κ3) is 5.42. The van der Waals surface area contributed by atoms with Crippen molar-refractivity contribution in [3.63, 3.8) is 0 Å². The van der Waals surface area contributed by atoms with Gasteiger partial charge in [-0.2, -0.15) is 0 Å². The first-order valence-electron chi connectivity index (χ1n) is 16.9. The van der Waals surface area contributed by atoms with Crippen LogP contribution in [0.1, 0.15) is 105 Å². The molecule has 0 radical (unpaired) electrons. The van der Waals surface area contributed by atoms with Crippen LogP contribution in [0.5, 0.6) is 0 Å². The summed E-state index contributed by atoms with van der Waals surface area (Å²) >= 11 is 0. The third-order valence-electron chi connectivity index (χ3n) is 13.1. The Morgan fingerprint density at radius 2 is 1.74 bits per heavy atom. The second kappa shape index (κ2) is 11.9. The van der Waals surface area contributed by atoms with Gasteiger partial charge in [0, 0.05) is 17.9 Å². The summed E-state index contributed by atoms with van der Waals surface area (Å²) in [5, 5.41) is 45.9. The van der Waals surface area contributed by atoms with E-state index in [1.165, 1.54) is 30.4 Å². The lowest BCUT2D eigenvalue weighted by atomic mass is 9.43. The molecule has 4 saturated carbocycles. The minimum atomic E-state index is -1.21. The fourth-order valence-corrected chi connectivity index (χ4v) is 10.8. The van der Waals surface area contributed by atoms with Gasteiger partial charge in [-0.05, 0) is 111 Å². The number of ketones is 1. The van der Waals surface area contributed by atoms with E-state index in [0.717, 1.165) is 24.8 Å². The number of hydrogen-bond donors (Lipinski definition) is 6. The summed E-state index contributed by atoms with van der Waals surface area (Å²) in [4.78, 5) is 18.2. The van der Waals surface area contributed by atoms with Crippen molar-refractivity contribution in [2.24, 2.45) is 62.8 Å². The van der Waals surface area contributed by atoms with Crippen LogP contribution in [-0.4, -0.2) is 62.6 Å². The molecule has 0 saturated heterocycles. The van der Waals surface area contributed by atoms with Crippen LogP contribution < -0.4 is 11.5 Å². The summed E-state index contributed by atoms with van der Waals surface area (Å²) in [7, 11) is 0. The molecule has 0 bridgehead atoms. The second-order valence-corrected chi connectivity index (χ2v) is 15.7. The highest BCUT2D eigenvalue weighted by Gasteiger charge is 2.69. The molecule has 242 valence electrons. The van der Waals surface area contributed by atoms with Crippen LogP contribution in [0.15, 0.2) is 27.8 Å². The molecule has 0 heterocycles. The Morgan fingerprint density at radius 3 is 2.37 bits per heavy atom. The molecule has 0 aliphatic heterocycles. The van der Waals surface area contributed by atoms with E-state index in [1.807, 2.05) is 6.92 Å². The standard InChI is InChI=1S/C35H57N3O5/c1-19(2)23(21-9-7-6-8-10-21)13-27(39)20(3)24-11-12-35(43)26-15-28(40)25-14-29(41)30(42)17-33(25,4)31(26)22(16-34(24,35)5)18-38-32(36)37/h15,19-20,22,24-25,27,29-31,39,41-43H,6-14,16-18H2,1-5H3,(H4,36,37,38)/t20-,22-,24+,25-,27+,29+,30-,31-,33-,34+,35+/m0/s1. The van der Waals surface area contributed by atoms with E-state index in [2.05, 4.69) is 32.7 Å². The number of carbonyl (C=O) groups excluding carboxylic acids is 1. The number of nitrogens with zero attached hydrogens (tertiary/aromatic N) is 1. The smallest absolute Gasteiger partial charge is 0.185 e. The van der Waals surface area contributed by atoms with Crippen molar-refractivity contribution < 1.29 is 25.2 Å². The summed E-state index contributed by atoms with van der Waals surface area (Å²) in [6.07, 6.45) is 8.39. The minimum Gasteiger partial charge on any atom is -0.393 e. The van der Waals surface area contributed by atoms with Crippen molar-refractivity contribution in [1.29, 1.82) is 0 Å². The Bertz CT molecular complexity index is 1170. The molecular weight excluding hydrogens is 542 g/mol. The zero-order valence-electron chi connectivity index (χ0n) is 27.1. The number of aliphatic hydroxyl groups is 4. The van der Waals surface area contributed by atoms with Gasteiger partial charge in [0.05, 0.1) is 23.9 Å². The summed E-state index contributed by atoms with van der Waals surface area (Å²) in [5.41, 5.74) is 12.9. The highest BCUT2D eigenvalue weighted by molar-refractivity contribution is 5.95. The summed E-state index contributed by atoms with van der Waals surface area (Å²) in [5.74, 6) is -0.393. The molecule has 8 nitrogen and oxygen atoms in total. The molecule has 5 rings (SSSR count). The highest BCUT2D eigenvalue weighted by Crippen LogP contribution is 2.69. The summed E-state index contributed by atoms with van der Waals surface area (Å²) in [6, 6.07) is 0.